The minimum atomic E-state index is -0.382. The summed E-state index contributed by atoms with van der Waals surface area (Å²) in [6.07, 6.45) is 0. The van der Waals surface area contributed by atoms with E-state index in [1.54, 1.807) is 19.2 Å². The van der Waals surface area contributed by atoms with Crippen LogP contribution in [0.2, 0.25) is 10.0 Å². The van der Waals surface area contributed by atoms with Gasteiger partial charge in [0.15, 0.2) is 11.5 Å². The Balaban J connectivity index is 2.17. The molecule has 3 nitrogen and oxygen atoms in total. The molecular weight excluding hydrogens is 340 g/mol. The van der Waals surface area contributed by atoms with E-state index in [-0.39, 0.29) is 12.4 Å². The fraction of sp³-hybridized carbons (Fsp3) is 0.294. The molecule has 0 heterocycles. The number of nitrogens with one attached hydrogen (secondary N) is 1. The van der Waals surface area contributed by atoms with Gasteiger partial charge in [-0.15, -0.1) is 0 Å². The first-order valence-corrected chi connectivity index (χ1v) is 7.94. The summed E-state index contributed by atoms with van der Waals surface area (Å²) in [5.74, 6) is 0.714. The van der Waals surface area contributed by atoms with Gasteiger partial charge < -0.3 is 14.8 Å². The van der Waals surface area contributed by atoms with Crippen LogP contribution >= 0.6 is 23.2 Å². The van der Waals surface area contributed by atoms with E-state index in [1.807, 2.05) is 13.0 Å². The smallest absolute Gasteiger partial charge is 0.163 e. The van der Waals surface area contributed by atoms with Crippen LogP contribution in [0.15, 0.2) is 30.3 Å². The molecule has 0 aromatic heterocycles. The van der Waals surface area contributed by atoms with Gasteiger partial charge in [0.05, 0.1) is 12.1 Å². The van der Waals surface area contributed by atoms with E-state index in [1.165, 1.54) is 12.1 Å². The van der Waals surface area contributed by atoms with Crippen molar-refractivity contribution in [3.63, 3.8) is 0 Å². The van der Waals surface area contributed by atoms with E-state index >= 15 is 0 Å². The Morgan fingerprint density at radius 1 is 1.04 bits per heavy atom. The topological polar surface area (TPSA) is 30.5 Å². The van der Waals surface area contributed by atoms with E-state index in [0.717, 1.165) is 12.1 Å². The fourth-order valence-electron chi connectivity index (χ4n) is 2.04. The molecule has 0 spiro atoms. The van der Waals surface area contributed by atoms with Gasteiger partial charge in [0, 0.05) is 23.2 Å². The molecule has 0 unspecified atom stereocenters. The molecule has 2 aromatic carbocycles. The van der Waals surface area contributed by atoms with Crippen LogP contribution in [0.1, 0.15) is 18.1 Å². The maximum absolute atomic E-state index is 13.1. The highest BCUT2D eigenvalue weighted by molar-refractivity contribution is 6.31. The lowest BCUT2D eigenvalue weighted by Gasteiger charge is -2.14. The molecule has 0 fully saturated rings. The Morgan fingerprint density at radius 2 is 1.78 bits per heavy atom. The Bertz CT molecular complexity index is 680. The van der Waals surface area contributed by atoms with Crippen LogP contribution in [-0.4, -0.2) is 13.7 Å². The molecule has 0 amide bonds. The quantitative estimate of drug-likeness (QED) is 0.769. The van der Waals surface area contributed by atoms with Gasteiger partial charge in [0.1, 0.15) is 12.4 Å². The van der Waals surface area contributed by atoms with Gasteiger partial charge in [-0.05, 0) is 30.3 Å². The first-order valence-electron chi connectivity index (χ1n) is 7.19. The van der Waals surface area contributed by atoms with Gasteiger partial charge in [0.25, 0.3) is 0 Å². The van der Waals surface area contributed by atoms with Crippen LogP contribution in [0.25, 0.3) is 0 Å². The average Bonchev–Trinajstić information content (AvgIpc) is 2.53. The van der Waals surface area contributed by atoms with Crippen LogP contribution in [-0.2, 0) is 13.2 Å². The number of hydrogen-bond acceptors (Lipinski definition) is 3. The van der Waals surface area contributed by atoms with Crippen molar-refractivity contribution in [2.24, 2.45) is 0 Å². The summed E-state index contributed by atoms with van der Waals surface area (Å²) in [6.45, 7) is 3.71. The summed E-state index contributed by atoms with van der Waals surface area (Å²) in [7, 11) is 1.57. The lowest BCUT2D eigenvalue weighted by atomic mass is 10.2. The van der Waals surface area contributed by atoms with Gasteiger partial charge in [-0.2, -0.15) is 0 Å². The summed E-state index contributed by atoms with van der Waals surface area (Å²) in [5.41, 5.74) is 1.61. The summed E-state index contributed by atoms with van der Waals surface area (Å²) >= 11 is 12.3. The number of hydrogen-bond donors (Lipinski definition) is 1. The van der Waals surface area contributed by atoms with Gasteiger partial charge >= 0.3 is 0 Å². The van der Waals surface area contributed by atoms with Crippen molar-refractivity contribution in [2.75, 3.05) is 13.7 Å². The maximum atomic E-state index is 13.1. The van der Waals surface area contributed by atoms with Crippen LogP contribution in [0.5, 0.6) is 11.5 Å². The van der Waals surface area contributed by atoms with Crippen molar-refractivity contribution in [2.45, 2.75) is 20.1 Å². The molecule has 0 aliphatic heterocycles. The molecule has 0 saturated heterocycles. The van der Waals surface area contributed by atoms with Crippen molar-refractivity contribution < 1.29 is 13.9 Å². The van der Waals surface area contributed by atoms with Crippen molar-refractivity contribution in [1.82, 2.24) is 5.32 Å². The number of ether oxygens (including phenoxy) is 2. The molecule has 6 heteroatoms. The number of methoxy groups -OCH3 is 1. The third-order valence-corrected chi connectivity index (χ3v) is 4.00. The van der Waals surface area contributed by atoms with Crippen LogP contribution in [0, 0.1) is 5.82 Å². The predicted molar refractivity (Wildman–Crippen MR) is 91.1 cm³/mol. The molecule has 23 heavy (non-hydrogen) atoms. The van der Waals surface area contributed by atoms with E-state index in [2.05, 4.69) is 5.32 Å². The molecule has 124 valence electrons. The number of rotatable bonds is 7. The number of benzene rings is 2. The number of halogens is 3. The van der Waals surface area contributed by atoms with Crippen LogP contribution in [0.4, 0.5) is 4.39 Å². The molecule has 0 aliphatic carbocycles. The zero-order valence-electron chi connectivity index (χ0n) is 13.0. The molecule has 0 bridgehead atoms. The summed E-state index contributed by atoms with van der Waals surface area (Å²) in [5, 5.41) is 4.12. The first-order chi connectivity index (χ1) is 11.0. The van der Waals surface area contributed by atoms with E-state index in [4.69, 9.17) is 32.7 Å². The van der Waals surface area contributed by atoms with Crippen molar-refractivity contribution >= 4 is 23.2 Å². The molecule has 0 saturated carbocycles. The average molecular weight is 358 g/mol. The maximum Gasteiger partial charge on any atom is 0.163 e. The zero-order valence-corrected chi connectivity index (χ0v) is 14.5. The van der Waals surface area contributed by atoms with Crippen LogP contribution < -0.4 is 14.8 Å². The van der Waals surface area contributed by atoms with E-state index < -0.39 is 0 Å². The van der Waals surface area contributed by atoms with Gasteiger partial charge in [0.2, 0.25) is 0 Å². The summed E-state index contributed by atoms with van der Waals surface area (Å²) in [6, 6.07) is 7.74. The Hall–Kier alpha value is -1.49. The second kappa shape index (κ2) is 8.39. The molecule has 0 atom stereocenters. The molecule has 0 radical (unpaired) electrons. The van der Waals surface area contributed by atoms with Gasteiger partial charge in [-0.25, -0.2) is 4.39 Å². The van der Waals surface area contributed by atoms with E-state index in [0.29, 0.717) is 33.7 Å². The third kappa shape index (κ3) is 4.74. The zero-order chi connectivity index (χ0) is 16.8. The minimum absolute atomic E-state index is 0.193. The van der Waals surface area contributed by atoms with Gasteiger partial charge in [-0.1, -0.05) is 36.2 Å². The highest BCUT2D eigenvalue weighted by Crippen LogP contribution is 2.34. The van der Waals surface area contributed by atoms with Crippen molar-refractivity contribution in [3.05, 3.63) is 57.3 Å². The minimum Gasteiger partial charge on any atom is -0.493 e. The largest absolute Gasteiger partial charge is 0.493 e. The molecular formula is C17H18Cl2FNO2. The van der Waals surface area contributed by atoms with Crippen LogP contribution in [0.3, 0.4) is 0 Å². The summed E-state index contributed by atoms with van der Waals surface area (Å²) in [4.78, 5) is 0. The first kappa shape index (κ1) is 17.9. The monoisotopic (exact) mass is 357 g/mol. The second-order valence-corrected chi connectivity index (χ2v) is 5.71. The molecule has 2 rings (SSSR count). The second-order valence-electron chi connectivity index (χ2n) is 4.90. The summed E-state index contributed by atoms with van der Waals surface area (Å²) < 4.78 is 24.2. The molecule has 2 aromatic rings. The Kier molecular flexibility index (Phi) is 6.51. The van der Waals surface area contributed by atoms with E-state index in [9.17, 15) is 4.39 Å². The SMILES string of the molecule is CCNCc1cc(OC)c(OCc2ccc(F)cc2Cl)cc1Cl. The standard InChI is InChI=1S/C17H18Cl2FNO2/c1-3-21-9-12-6-16(22-2)17(8-15(12)19)23-10-11-4-5-13(20)7-14(11)18/h4-8,21H,3,9-10H2,1-2H3. The normalized spacial score (nSPS) is 10.7. The Morgan fingerprint density at radius 3 is 2.43 bits per heavy atom. The predicted octanol–water partition coefficient (Wildman–Crippen LogP) is 4.83. The molecule has 0 aliphatic rings. The third-order valence-electron chi connectivity index (χ3n) is 3.30. The van der Waals surface area contributed by atoms with Crippen molar-refractivity contribution in [3.8, 4) is 11.5 Å². The highest BCUT2D eigenvalue weighted by Gasteiger charge is 2.11. The molecule has 1 N–H and O–H groups in total. The fourth-order valence-corrected chi connectivity index (χ4v) is 2.48. The lowest BCUT2D eigenvalue weighted by Crippen LogP contribution is -2.12. The van der Waals surface area contributed by atoms with Gasteiger partial charge in [-0.3, -0.25) is 0 Å². The lowest BCUT2D eigenvalue weighted by molar-refractivity contribution is 0.284. The highest BCUT2D eigenvalue weighted by atomic mass is 35.5. The van der Waals surface area contributed by atoms with Crippen molar-refractivity contribution in [1.29, 1.82) is 0 Å². The Labute approximate surface area is 145 Å².